The number of aliphatic carboxylic acids is 1. The molecule has 1 amide bonds. The van der Waals surface area contributed by atoms with Crippen LogP contribution < -0.4 is 10.0 Å². The van der Waals surface area contributed by atoms with E-state index in [4.69, 9.17) is 0 Å². The smallest absolute Gasteiger partial charge is 0.227 e. The lowest BCUT2D eigenvalue weighted by molar-refractivity contribution is -0.917. The minimum absolute atomic E-state index is 0.0700. The van der Waals surface area contributed by atoms with E-state index in [1.165, 1.54) is 17.0 Å². The van der Waals surface area contributed by atoms with Crippen molar-refractivity contribution < 1.29 is 24.0 Å². The molecule has 1 aliphatic carbocycles. The largest absolute Gasteiger partial charge is 0.550 e. The Morgan fingerprint density at radius 3 is 2.28 bits per heavy atom. The number of rotatable bonds is 4. The zero-order valence-corrected chi connectivity index (χ0v) is 14.1. The van der Waals surface area contributed by atoms with Gasteiger partial charge in [-0.3, -0.25) is 4.79 Å². The van der Waals surface area contributed by atoms with Gasteiger partial charge in [0.05, 0.1) is 26.2 Å². The number of carboxylic acids is 1. The molecule has 1 aliphatic heterocycles. The number of hydrogen-bond donors (Lipinski definition) is 1. The number of nitrogens with one attached hydrogen (secondary N) is 1. The standard InChI is InChI=1S/C19H23FN2O3/c20-15-7-5-14(6-8-15)13-21-9-11-22(12-10-21)18(23)16-3-1-2-4-17(16)19(24)25/h1-2,5-8,16-17H,3-4,9-13H2,(H,24,25)/t16-,17-/m1/s1. The lowest BCUT2D eigenvalue weighted by Gasteiger charge is -2.37. The summed E-state index contributed by atoms with van der Waals surface area (Å²) in [5, 5.41) is 11.3. The number of nitrogens with zero attached hydrogens (tertiary/aromatic N) is 1. The van der Waals surface area contributed by atoms with Crippen LogP contribution in [-0.4, -0.2) is 43.0 Å². The molecule has 3 rings (SSSR count). The zero-order valence-electron chi connectivity index (χ0n) is 14.1. The van der Waals surface area contributed by atoms with Crippen LogP contribution in [0.15, 0.2) is 36.4 Å². The van der Waals surface area contributed by atoms with Crippen LogP contribution >= 0.6 is 0 Å². The van der Waals surface area contributed by atoms with Crippen LogP contribution in [0, 0.1) is 17.7 Å². The van der Waals surface area contributed by atoms with Gasteiger partial charge in [0.1, 0.15) is 12.4 Å². The van der Waals surface area contributed by atoms with Crippen molar-refractivity contribution in [1.29, 1.82) is 0 Å². The van der Waals surface area contributed by atoms with E-state index in [2.05, 4.69) is 0 Å². The van der Waals surface area contributed by atoms with Crippen LogP contribution in [0.2, 0.25) is 0 Å². The zero-order chi connectivity index (χ0) is 17.8. The van der Waals surface area contributed by atoms with Crippen LogP contribution in [0.3, 0.4) is 0 Å². The van der Waals surface area contributed by atoms with Gasteiger partial charge in [-0.05, 0) is 25.0 Å². The molecule has 1 aromatic rings. The molecule has 1 aromatic carbocycles. The Morgan fingerprint density at radius 1 is 1.08 bits per heavy atom. The van der Waals surface area contributed by atoms with Crippen LogP contribution in [0.5, 0.6) is 0 Å². The Kier molecular flexibility index (Phi) is 5.48. The maximum Gasteiger partial charge on any atom is 0.227 e. The van der Waals surface area contributed by atoms with E-state index >= 15 is 0 Å². The molecule has 0 unspecified atom stereocenters. The summed E-state index contributed by atoms with van der Waals surface area (Å²) >= 11 is 0. The Morgan fingerprint density at radius 2 is 1.68 bits per heavy atom. The predicted octanol–water partition coefficient (Wildman–Crippen LogP) is -0.615. The molecule has 0 spiro atoms. The summed E-state index contributed by atoms with van der Waals surface area (Å²) in [6.07, 6.45) is 4.54. The first-order chi connectivity index (χ1) is 12.0. The number of benzene rings is 1. The quantitative estimate of drug-likeness (QED) is 0.740. The summed E-state index contributed by atoms with van der Waals surface area (Å²) < 4.78 is 13.0. The highest BCUT2D eigenvalue weighted by molar-refractivity contribution is 5.84. The van der Waals surface area contributed by atoms with Gasteiger partial charge >= 0.3 is 0 Å². The van der Waals surface area contributed by atoms with Gasteiger partial charge in [0, 0.05) is 23.4 Å². The van der Waals surface area contributed by atoms with E-state index in [9.17, 15) is 19.1 Å². The number of carboxylic acid groups (broad SMARTS) is 1. The van der Waals surface area contributed by atoms with E-state index in [0.29, 0.717) is 25.9 Å². The molecule has 0 saturated carbocycles. The molecule has 134 valence electrons. The second-order valence-corrected chi connectivity index (χ2v) is 6.85. The molecule has 1 saturated heterocycles. The normalized spacial score (nSPS) is 24.3. The Balaban J connectivity index is 1.54. The SMILES string of the molecule is O=C([O-])[C@@H]1CC=CC[C@H]1C(=O)N1CC[NH+](Cc2ccc(F)cc2)CC1. The minimum Gasteiger partial charge on any atom is -0.550 e. The van der Waals surface area contributed by atoms with Crippen LogP contribution in [-0.2, 0) is 16.1 Å². The van der Waals surface area contributed by atoms with Gasteiger partial charge in [-0.2, -0.15) is 0 Å². The molecule has 6 heteroatoms. The lowest BCUT2D eigenvalue weighted by atomic mass is 9.82. The molecule has 2 atom stereocenters. The molecular formula is C19H23FN2O3. The number of carbonyl (C=O) groups excluding carboxylic acids is 2. The highest BCUT2D eigenvalue weighted by Gasteiger charge is 2.34. The van der Waals surface area contributed by atoms with E-state index in [1.807, 2.05) is 12.2 Å². The van der Waals surface area contributed by atoms with Gasteiger partial charge in [-0.15, -0.1) is 0 Å². The van der Waals surface area contributed by atoms with E-state index in [-0.39, 0.29) is 11.7 Å². The third-order valence-corrected chi connectivity index (χ3v) is 5.20. The Bertz CT molecular complexity index is 651. The number of allylic oxidation sites excluding steroid dienone is 2. The molecule has 0 bridgehead atoms. The fraction of sp³-hybridized carbons (Fsp3) is 0.474. The maximum atomic E-state index is 13.0. The number of halogens is 1. The summed E-state index contributed by atoms with van der Waals surface area (Å²) in [6, 6.07) is 6.51. The van der Waals surface area contributed by atoms with E-state index < -0.39 is 17.8 Å². The lowest BCUT2D eigenvalue weighted by Crippen LogP contribution is -3.13. The summed E-state index contributed by atoms with van der Waals surface area (Å²) in [6.45, 7) is 3.66. The second-order valence-electron chi connectivity index (χ2n) is 6.85. The maximum absolute atomic E-state index is 13.0. The number of hydrogen-bond acceptors (Lipinski definition) is 3. The van der Waals surface area contributed by atoms with Crippen molar-refractivity contribution in [2.45, 2.75) is 19.4 Å². The summed E-state index contributed by atoms with van der Waals surface area (Å²) in [5.41, 5.74) is 1.07. The van der Waals surface area contributed by atoms with Crippen LogP contribution in [0.1, 0.15) is 18.4 Å². The van der Waals surface area contributed by atoms with Crippen molar-refractivity contribution in [2.75, 3.05) is 26.2 Å². The average molecular weight is 346 g/mol. The molecule has 0 aromatic heterocycles. The fourth-order valence-electron chi connectivity index (χ4n) is 3.69. The van der Waals surface area contributed by atoms with Gasteiger partial charge in [0.15, 0.2) is 0 Å². The van der Waals surface area contributed by atoms with E-state index in [0.717, 1.165) is 25.2 Å². The highest BCUT2D eigenvalue weighted by Crippen LogP contribution is 2.27. The molecule has 5 nitrogen and oxygen atoms in total. The van der Waals surface area contributed by atoms with Gasteiger partial charge in [-0.25, -0.2) is 4.39 Å². The first-order valence-electron chi connectivity index (χ1n) is 8.77. The molecule has 2 aliphatic rings. The van der Waals surface area contributed by atoms with Gasteiger partial charge in [-0.1, -0.05) is 24.3 Å². The molecular weight excluding hydrogens is 323 g/mol. The van der Waals surface area contributed by atoms with E-state index in [1.54, 1.807) is 17.0 Å². The minimum atomic E-state index is -1.14. The summed E-state index contributed by atoms with van der Waals surface area (Å²) in [4.78, 5) is 27.1. The molecule has 25 heavy (non-hydrogen) atoms. The predicted molar refractivity (Wildman–Crippen MR) is 87.7 cm³/mol. The summed E-state index contributed by atoms with van der Waals surface area (Å²) in [7, 11) is 0. The fourth-order valence-corrected chi connectivity index (χ4v) is 3.69. The first-order valence-corrected chi connectivity index (χ1v) is 8.77. The van der Waals surface area contributed by atoms with Crippen LogP contribution in [0.4, 0.5) is 4.39 Å². The second kappa shape index (κ2) is 7.78. The van der Waals surface area contributed by atoms with Crippen molar-refractivity contribution in [3.8, 4) is 0 Å². The van der Waals surface area contributed by atoms with Gasteiger partial charge < -0.3 is 19.7 Å². The van der Waals surface area contributed by atoms with Crippen molar-refractivity contribution in [3.05, 3.63) is 47.8 Å². The van der Waals surface area contributed by atoms with Crippen molar-refractivity contribution in [3.63, 3.8) is 0 Å². The molecule has 1 fully saturated rings. The number of piperazine rings is 1. The number of quaternary nitrogens is 1. The number of amides is 1. The molecule has 1 heterocycles. The third-order valence-electron chi connectivity index (χ3n) is 5.20. The van der Waals surface area contributed by atoms with Crippen molar-refractivity contribution >= 4 is 11.9 Å². The van der Waals surface area contributed by atoms with Gasteiger partial charge in [0.25, 0.3) is 0 Å². The monoisotopic (exact) mass is 346 g/mol. The number of carbonyl (C=O) groups is 2. The van der Waals surface area contributed by atoms with Crippen molar-refractivity contribution in [1.82, 2.24) is 4.90 Å². The third kappa shape index (κ3) is 4.25. The average Bonchev–Trinajstić information content (AvgIpc) is 2.63. The highest BCUT2D eigenvalue weighted by atomic mass is 19.1. The molecule has 0 radical (unpaired) electrons. The Hall–Kier alpha value is -2.21. The molecule has 1 N–H and O–H groups in total. The van der Waals surface area contributed by atoms with Crippen molar-refractivity contribution in [2.24, 2.45) is 11.8 Å². The Labute approximate surface area is 146 Å². The summed E-state index contributed by atoms with van der Waals surface area (Å²) in [5.74, 6) is -2.67. The first kappa shape index (κ1) is 17.6. The topological polar surface area (TPSA) is 64.9 Å². The van der Waals surface area contributed by atoms with Gasteiger partial charge in [0.2, 0.25) is 5.91 Å². The van der Waals surface area contributed by atoms with Crippen LogP contribution in [0.25, 0.3) is 0 Å².